The largest absolute Gasteiger partial charge is 0.474 e. The average molecular weight is 436 g/mol. The molecule has 0 aromatic carbocycles. The smallest absolute Gasteiger partial charge is 0.413 e. The van der Waals surface area contributed by atoms with Crippen molar-refractivity contribution >= 4 is 34.2 Å². The maximum atomic E-state index is 12.1. The van der Waals surface area contributed by atoms with Gasteiger partial charge < -0.3 is 25.6 Å². The first kappa shape index (κ1) is 20.3. The van der Waals surface area contributed by atoms with Crippen LogP contribution in [0.25, 0.3) is 22.0 Å². The summed E-state index contributed by atoms with van der Waals surface area (Å²) >= 11 is 0. The highest BCUT2D eigenvalue weighted by Crippen LogP contribution is 2.37. The van der Waals surface area contributed by atoms with Crippen molar-refractivity contribution in [1.29, 1.82) is 0 Å². The topological polar surface area (TPSA) is 136 Å². The van der Waals surface area contributed by atoms with Gasteiger partial charge in [0.15, 0.2) is 0 Å². The summed E-state index contributed by atoms with van der Waals surface area (Å²) in [4.78, 5) is 26.8. The van der Waals surface area contributed by atoms with E-state index in [1.807, 2.05) is 19.9 Å². The van der Waals surface area contributed by atoms with Gasteiger partial charge in [0, 0.05) is 36.5 Å². The third-order valence-electron chi connectivity index (χ3n) is 6.11. The quantitative estimate of drug-likeness (QED) is 0.566. The Kier molecular flexibility index (Phi) is 4.74. The van der Waals surface area contributed by atoms with Gasteiger partial charge in [-0.15, -0.1) is 0 Å². The highest BCUT2D eigenvalue weighted by molar-refractivity contribution is 5.97. The number of ether oxygens (including phenoxy) is 2. The zero-order valence-corrected chi connectivity index (χ0v) is 17.9. The molecule has 32 heavy (non-hydrogen) atoms. The third-order valence-corrected chi connectivity index (χ3v) is 6.11. The summed E-state index contributed by atoms with van der Waals surface area (Å²) in [7, 11) is 0. The van der Waals surface area contributed by atoms with Crippen LogP contribution in [-0.4, -0.2) is 58.1 Å². The molecular formula is C22H24N6O4. The number of nitrogen functional groups attached to an aromatic ring is 1. The van der Waals surface area contributed by atoms with Gasteiger partial charge in [-0.1, -0.05) is 0 Å². The van der Waals surface area contributed by atoms with E-state index in [4.69, 9.17) is 15.2 Å². The van der Waals surface area contributed by atoms with Gasteiger partial charge in [-0.25, -0.2) is 19.7 Å². The predicted molar refractivity (Wildman–Crippen MR) is 120 cm³/mol. The lowest BCUT2D eigenvalue weighted by atomic mass is 9.99. The van der Waals surface area contributed by atoms with Crippen molar-refractivity contribution in [2.45, 2.75) is 25.8 Å². The second kappa shape index (κ2) is 7.49. The van der Waals surface area contributed by atoms with Gasteiger partial charge in [0.2, 0.25) is 5.88 Å². The summed E-state index contributed by atoms with van der Waals surface area (Å²) in [6.07, 6.45) is 2.81. The molecule has 10 heteroatoms. The lowest BCUT2D eigenvalue weighted by Gasteiger charge is -2.34. The lowest BCUT2D eigenvalue weighted by molar-refractivity contribution is 0.168. The Balaban J connectivity index is 1.62. The highest BCUT2D eigenvalue weighted by atomic mass is 16.5. The Bertz CT molecular complexity index is 1220. The number of carboxylic acid groups (broad SMARTS) is 1. The zero-order valence-electron chi connectivity index (χ0n) is 17.9. The monoisotopic (exact) mass is 436 g/mol. The van der Waals surface area contributed by atoms with E-state index in [2.05, 4.69) is 20.3 Å². The summed E-state index contributed by atoms with van der Waals surface area (Å²) in [5.41, 5.74) is 8.84. The molecule has 2 aliphatic heterocycles. The zero-order chi connectivity index (χ0) is 22.5. The molecule has 1 amide bonds. The molecule has 5 heterocycles. The second-order valence-electron chi connectivity index (χ2n) is 8.33. The van der Waals surface area contributed by atoms with E-state index in [1.165, 1.54) is 4.90 Å². The van der Waals surface area contributed by atoms with Gasteiger partial charge >= 0.3 is 6.09 Å². The maximum absolute atomic E-state index is 12.1. The molecule has 10 nitrogen and oxygen atoms in total. The number of carbonyl (C=O) groups is 1. The third kappa shape index (κ3) is 3.23. The first-order valence-corrected chi connectivity index (χ1v) is 10.4. The van der Waals surface area contributed by atoms with E-state index in [1.54, 1.807) is 18.5 Å². The van der Waals surface area contributed by atoms with Gasteiger partial charge in [0.05, 0.1) is 17.8 Å². The Hall–Kier alpha value is -3.66. The molecule has 0 spiro atoms. The Morgan fingerprint density at radius 3 is 2.88 bits per heavy atom. The number of rotatable bonds is 3. The fourth-order valence-corrected chi connectivity index (χ4v) is 4.34. The molecule has 0 saturated carbocycles. The van der Waals surface area contributed by atoms with Crippen molar-refractivity contribution in [2.75, 3.05) is 42.3 Å². The highest BCUT2D eigenvalue weighted by Gasteiger charge is 2.41. The van der Waals surface area contributed by atoms with E-state index in [-0.39, 0.29) is 0 Å². The van der Waals surface area contributed by atoms with Crippen LogP contribution in [0.4, 0.5) is 22.1 Å². The first-order chi connectivity index (χ1) is 15.4. The van der Waals surface area contributed by atoms with E-state index in [0.29, 0.717) is 61.4 Å². The number of amides is 1. The van der Waals surface area contributed by atoms with Gasteiger partial charge in [0.25, 0.3) is 0 Å². The number of hydrogen-bond donors (Lipinski definition) is 3. The van der Waals surface area contributed by atoms with Gasteiger partial charge in [-0.2, -0.15) is 0 Å². The number of pyridine rings is 3. The fraction of sp³-hybridized carbons (Fsp3) is 0.364. The van der Waals surface area contributed by atoms with Gasteiger partial charge in [-0.3, -0.25) is 4.90 Å². The summed E-state index contributed by atoms with van der Waals surface area (Å²) in [6.45, 7) is 5.94. The van der Waals surface area contributed by atoms with Crippen LogP contribution in [0.1, 0.15) is 18.9 Å². The first-order valence-electron chi connectivity index (χ1n) is 10.4. The van der Waals surface area contributed by atoms with Crippen LogP contribution in [0.3, 0.4) is 0 Å². The van der Waals surface area contributed by atoms with Crippen LogP contribution in [-0.2, 0) is 4.74 Å². The minimum Gasteiger partial charge on any atom is -0.474 e. The fourth-order valence-electron chi connectivity index (χ4n) is 4.34. The van der Waals surface area contributed by atoms with Crippen molar-refractivity contribution in [3.05, 3.63) is 30.1 Å². The Labute approximate surface area is 184 Å². The van der Waals surface area contributed by atoms with Crippen molar-refractivity contribution in [1.82, 2.24) is 15.0 Å². The number of fused-ring (bicyclic) bond motifs is 2. The van der Waals surface area contributed by atoms with Crippen LogP contribution in [0.2, 0.25) is 0 Å². The maximum Gasteiger partial charge on any atom is 0.413 e. The molecule has 0 bridgehead atoms. The molecule has 4 N–H and O–H groups in total. The molecule has 0 radical (unpaired) electrons. The van der Waals surface area contributed by atoms with Crippen molar-refractivity contribution in [2.24, 2.45) is 0 Å². The second-order valence-corrected chi connectivity index (χ2v) is 8.33. The molecule has 1 fully saturated rings. The number of aromatic nitrogens is 3. The Morgan fingerprint density at radius 1 is 1.28 bits per heavy atom. The molecule has 1 atom stereocenters. The minimum atomic E-state index is -1.08. The molecule has 3 aromatic rings. The molecule has 1 unspecified atom stereocenters. The van der Waals surface area contributed by atoms with Gasteiger partial charge in [-0.05, 0) is 43.4 Å². The van der Waals surface area contributed by atoms with Crippen molar-refractivity contribution < 1.29 is 19.4 Å². The summed E-state index contributed by atoms with van der Waals surface area (Å²) in [6, 6.07) is 3.61. The summed E-state index contributed by atoms with van der Waals surface area (Å²) < 4.78 is 11.1. The van der Waals surface area contributed by atoms with Crippen molar-refractivity contribution in [3.8, 4) is 17.1 Å². The number of hydrogen-bond acceptors (Lipinski definition) is 8. The Morgan fingerprint density at radius 2 is 2.12 bits per heavy atom. The van der Waals surface area contributed by atoms with E-state index in [0.717, 1.165) is 22.2 Å². The SMILES string of the molecule is Cc1c(-c2cc3cc(N(C(=O)O)C4(C)CCOC4)ncc3c(N)n2)cnc2c1NCCO2. The van der Waals surface area contributed by atoms with Crippen LogP contribution in [0.15, 0.2) is 24.5 Å². The van der Waals surface area contributed by atoms with E-state index >= 15 is 0 Å². The number of nitrogens with two attached hydrogens (primary N) is 1. The van der Waals surface area contributed by atoms with E-state index < -0.39 is 11.6 Å². The predicted octanol–water partition coefficient (Wildman–Crippen LogP) is 3.05. The number of nitrogens with one attached hydrogen (secondary N) is 1. The van der Waals surface area contributed by atoms with Crippen LogP contribution in [0, 0.1) is 6.92 Å². The molecule has 3 aromatic heterocycles. The van der Waals surface area contributed by atoms with Crippen LogP contribution >= 0.6 is 0 Å². The standard InChI is InChI=1S/C22H24N6O4/c1-12-14(9-26-20-18(12)24-4-6-32-20)16-7-13-8-17(25-10-15(13)19(23)27-16)28(21(29)30)22(2)3-5-31-11-22/h7-10,24H,3-6,11H2,1-2H3,(H2,23,27)(H,29,30). The summed E-state index contributed by atoms with van der Waals surface area (Å²) in [5, 5.41) is 14.6. The number of nitrogens with zero attached hydrogens (tertiary/aromatic N) is 4. The molecule has 166 valence electrons. The van der Waals surface area contributed by atoms with Gasteiger partial charge in [0.1, 0.15) is 23.9 Å². The number of anilines is 3. The molecule has 0 aliphatic carbocycles. The minimum absolute atomic E-state index is 0.315. The average Bonchev–Trinajstić information content (AvgIpc) is 3.20. The molecule has 2 aliphatic rings. The summed E-state index contributed by atoms with van der Waals surface area (Å²) in [5.74, 6) is 1.21. The molecular weight excluding hydrogens is 412 g/mol. The van der Waals surface area contributed by atoms with Crippen LogP contribution in [0.5, 0.6) is 5.88 Å². The lowest BCUT2D eigenvalue weighted by Crippen LogP contribution is -2.50. The van der Waals surface area contributed by atoms with Crippen LogP contribution < -0.4 is 20.7 Å². The van der Waals surface area contributed by atoms with E-state index in [9.17, 15) is 9.90 Å². The van der Waals surface area contributed by atoms with Crippen molar-refractivity contribution in [3.63, 3.8) is 0 Å². The molecule has 1 saturated heterocycles. The normalized spacial score (nSPS) is 19.8. The molecule has 5 rings (SSSR count).